The average molecular weight is 441 g/mol. The second-order valence-electron chi connectivity index (χ2n) is 6.34. The number of nitrogens with zero attached hydrogens (tertiary/aromatic N) is 2. The van der Waals surface area contributed by atoms with Crippen LogP contribution in [0.2, 0.25) is 10.0 Å². The highest BCUT2D eigenvalue weighted by molar-refractivity contribution is 7.23. The summed E-state index contributed by atoms with van der Waals surface area (Å²) < 4.78 is 20.8. The number of rotatable bonds is 3. The van der Waals surface area contributed by atoms with Crippen molar-refractivity contribution in [3.05, 3.63) is 46.2 Å². The molecular weight excluding hydrogens is 430 g/mol. The van der Waals surface area contributed by atoms with Crippen LogP contribution in [0.3, 0.4) is 0 Å². The number of hydrogen-bond acceptors (Lipinski definition) is 5. The Hall–Kier alpha value is -2.42. The van der Waals surface area contributed by atoms with Gasteiger partial charge in [0.25, 0.3) is 5.91 Å². The van der Waals surface area contributed by atoms with E-state index in [9.17, 15) is 19.1 Å². The third-order valence-electron chi connectivity index (χ3n) is 4.28. The molecule has 4 rings (SSSR count). The van der Waals surface area contributed by atoms with Crippen LogP contribution >= 0.6 is 34.5 Å². The minimum Gasteiger partial charge on any atom is -0.481 e. The Kier molecular flexibility index (Phi) is 4.45. The fraction of sp³-hybridized carbons (Fsp3) is 0.167. The van der Waals surface area contributed by atoms with E-state index in [1.807, 2.05) is 0 Å². The summed E-state index contributed by atoms with van der Waals surface area (Å²) in [6, 6.07) is 7.26. The zero-order valence-electron chi connectivity index (χ0n) is 14.2. The Labute approximate surface area is 172 Å². The van der Waals surface area contributed by atoms with Gasteiger partial charge in [0, 0.05) is 0 Å². The van der Waals surface area contributed by atoms with Crippen LogP contribution in [0, 0.1) is 5.82 Å². The van der Waals surface area contributed by atoms with Crippen LogP contribution in [-0.4, -0.2) is 27.6 Å². The molecule has 0 bridgehead atoms. The summed E-state index contributed by atoms with van der Waals surface area (Å²) in [6.07, 6.45) is -0.601. The molecule has 2 aromatic carbocycles. The molecule has 0 fully saturated rings. The van der Waals surface area contributed by atoms with Gasteiger partial charge in [-0.05, 0) is 31.2 Å². The zero-order chi connectivity index (χ0) is 20.2. The molecule has 2 heterocycles. The molecule has 0 saturated heterocycles. The first kappa shape index (κ1) is 18.9. The van der Waals surface area contributed by atoms with Crippen molar-refractivity contribution in [2.24, 2.45) is 0 Å². The first-order chi connectivity index (χ1) is 13.2. The highest BCUT2D eigenvalue weighted by atomic mass is 35.5. The van der Waals surface area contributed by atoms with Crippen molar-refractivity contribution in [2.75, 3.05) is 4.90 Å². The highest BCUT2D eigenvalue weighted by Gasteiger charge is 2.48. The number of halogens is 3. The maximum atomic E-state index is 14.6. The number of carbonyl (C=O) groups is 2. The number of para-hydroxylation sites is 1. The van der Waals surface area contributed by atoms with E-state index in [1.54, 1.807) is 12.1 Å². The lowest BCUT2D eigenvalue weighted by molar-refractivity contribution is -0.148. The molecule has 1 aromatic heterocycles. The first-order valence-electron chi connectivity index (χ1n) is 8.00. The highest BCUT2D eigenvalue weighted by Crippen LogP contribution is 2.47. The number of benzene rings is 2. The summed E-state index contributed by atoms with van der Waals surface area (Å²) in [6.45, 7) is 1.35. The number of ether oxygens (including phenoxy) is 1. The summed E-state index contributed by atoms with van der Waals surface area (Å²) >= 11 is 13.3. The van der Waals surface area contributed by atoms with Gasteiger partial charge in [-0.3, -0.25) is 9.59 Å². The summed E-state index contributed by atoms with van der Waals surface area (Å²) in [5, 5.41) is 9.94. The normalized spacial score (nSPS) is 18.9. The van der Waals surface area contributed by atoms with Crippen LogP contribution in [0.4, 0.5) is 15.2 Å². The topological polar surface area (TPSA) is 79.7 Å². The molecule has 144 valence electrons. The second kappa shape index (κ2) is 6.58. The molecule has 1 atom stereocenters. The van der Waals surface area contributed by atoms with E-state index in [-0.39, 0.29) is 21.6 Å². The summed E-state index contributed by atoms with van der Waals surface area (Å²) in [4.78, 5) is 29.9. The van der Waals surface area contributed by atoms with E-state index in [4.69, 9.17) is 27.9 Å². The Morgan fingerprint density at radius 3 is 2.82 bits per heavy atom. The van der Waals surface area contributed by atoms with Crippen LogP contribution in [-0.2, 0) is 9.59 Å². The maximum Gasteiger partial charge on any atom is 0.307 e. The van der Waals surface area contributed by atoms with E-state index in [2.05, 4.69) is 4.98 Å². The molecule has 6 nitrogen and oxygen atoms in total. The van der Waals surface area contributed by atoms with E-state index in [1.165, 1.54) is 25.1 Å². The minimum absolute atomic E-state index is 0.0479. The van der Waals surface area contributed by atoms with Gasteiger partial charge in [0.1, 0.15) is 11.4 Å². The van der Waals surface area contributed by atoms with Crippen molar-refractivity contribution >= 4 is 67.5 Å². The van der Waals surface area contributed by atoms with Crippen molar-refractivity contribution in [2.45, 2.75) is 18.9 Å². The molecule has 1 unspecified atom stereocenters. The number of fused-ring (bicyclic) bond motifs is 2. The van der Waals surface area contributed by atoms with Crippen molar-refractivity contribution in [1.29, 1.82) is 0 Å². The molecule has 1 amide bonds. The Morgan fingerprint density at radius 1 is 1.36 bits per heavy atom. The van der Waals surface area contributed by atoms with Crippen LogP contribution in [0.5, 0.6) is 5.75 Å². The molecule has 0 radical (unpaired) electrons. The predicted molar refractivity (Wildman–Crippen MR) is 104 cm³/mol. The third kappa shape index (κ3) is 2.88. The van der Waals surface area contributed by atoms with Gasteiger partial charge < -0.3 is 9.84 Å². The molecule has 0 spiro atoms. The molecule has 10 heteroatoms. The standard InChI is InChI=1S/C18H11Cl2FN2O4S/c1-18(7-12(24)25)16(26)23(14-9(21)3-2-4-11(14)27-18)17-22-10-6-5-8(19)13(20)15(10)28-17/h2-6H,7H2,1H3,(H,24,25). The van der Waals surface area contributed by atoms with E-state index in [0.29, 0.717) is 15.2 Å². The van der Waals surface area contributed by atoms with Gasteiger partial charge in [-0.2, -0.15) is 0 Å². The van der Waals surface area contributed by atoms with Crippen LogP contribution < -0.4 is 9.64 Å². The Balaban J connectivity index is 1.95. The van der Waals surface area contributed by atoms with Crippen molar-refractivity contribution in [3.8, 4) is 5.75 Å². The molecule has 1 aliphatic rings. The first-order valence-corrected chi connectivity index (χ1v) is 9.57. The fourth-order valence-electron chi connectivity index (χ4n) is 3.02. The predicted octanol–water partition coefficient (Wildman–Crippen LogP) is 5.03. The summed E-state index contributed by atoms with van der Waals surface area (Å²) in [7, 11) is 0. The van der Waals surface area contributed by atoms with Crippen molar-refractivity contribution in [1.82, 2.24) is 4.98 Å². The second-order valence-corrected chi connectivity index (χ2v) is 8.10. The Bertz CT molecular complexity index is 1150. The Morgan fingerprint density at radius 2 is 2.11 bits per heavy atom. The smallest absolute Gasteiger partial charge is 0.307 e. The number of carboxylic acid groups (broad SMARTS) is 1. The molecule has 28 heavy (non-hydrogen) atoms. The largest absolute Gasteiger partial charge is 0.481 e. The number of carboxylic acids is 1. The summed E-state index contributed by atoms with van der Waals surface area (Å²) in [5.41, 5.74) is -1.38. The number of anilines is 2. The van der Waals surface area contributed by atoms with Gasteiger partial charge >= 0.3 is 5.97 Å². The molecule has 3 aromatic rings. The van der Waals surface area contributed by atoms with Gasteiger partial charge in [0.15, 0.2) is 16.5 Å². The number of aromatic nitrogens is 1. The summed E-state index contributed by atoms with van der Waals surface area (Å²) in [5.74, 6) is -2.62. The average Bonchev–Trinajstić information content (AvgIpc) is 3.04. The van der Waals surface area contributed by atoms with E-state index < -0.39 is 29.7 Å². The molecular formula is C18H11Cl2FN2O4S. The SMILES string of the molecule is CC1(CC(=O)O)Oc2cccc(F)c2N(c2nc3ccc(Cl)c(Cl)c3s2)C1=O. The number of hydrogen-bond donors (Lipinski definition) is 1. The third-order valence-corrected chi connectivity index (χ3v) is 6.27. The monoisotopic (exact) mass is 440 g/mol. The maximum absolute atomic E-state index is 14.6. The number of carbonyl (C=O) groups excluding carboxylic acids is 1. The van der Waals surface area contributed by atoms with Gasteiger partial charge in [-0.25, -0.2) is 14.3 Å². The van der Waals surface area contributed by atoms with E-state index >= 15 is 0 Å². The van der Waals surface area contributed by atoms with Crippen molar-refractivity contribution < 1.29 is 23.8 Å². The lowest BCUT2D eigenvalue weighted by atomic mass is 9.97. The lowest BCUT2D eigenvalue weighted by Crippen LogP contribution is -2.54. The number of amides is 1. The minimum atomic E-state index is -1.73. The fourth-order valence-corrected chi connectivity index (χ4v) is 4.52. The lowest BCUT2D eigenvalue weighted by Gasteiger charge is -2.38. The van der Waals surface area contributed by atoms with Crippen LogP contribution in [0.15, 0.2) is 30.3 Å². The molecule has 0 aliphatic carbocycles. The molecule has 1 N–H and O–H groups in total. The van der Waals surface area contributed by atoms with Gasteiger partial charge in [0.05, 0.1) is 26.7 Å². The van der Waals surface area contributed by atoms with Gasteiger partial charge in [0.2, 0.25) is 0 Å². The number of thiazole rings is 1. The van der Waals surface area contributed by atoms with Crippen LogP contribution in [0.1, 0.15) is 13.3 Å². The molecule has 1 aliphatic heterocycles. The zero-order valence-corrected chi connectivity index (χ0v) is 16.5. The quantitative estimate of drug-likeness (QED) is 0.617. The number of aliphatic carboxylic acids is 1. The van der Waals surface area contributed by atoms with Gasteiger partial charge in [-0.15, -0.1) is 0 Å². The van der Waals surface area contributed by atoms with Crippen molar-refractivity contribution in [3.63, 3.8) is 0 Å². The van der Waals surface area contributed by atoms with Gasteiger partial charge in [-0.1, -0.05) is 40.6 Å². The van der Waals surface area contributed by atoms with E-state index in [0.717, 1.165) is 16.2 Å². The molecule has 0 saturated carbocycles. The van der Waals surface area contributed by atoms with Crippen LogP contribution in [0.25, 0.3) is 10.2 Å².